The van der Waals surface area contributed by atoms with E-state index < -0.39 is 0 Å². The first-order valence-electron chi connectivity index (χ1n) is 5.15. The van der Waals surface area contributed by atoms with Gasteiger partial charge >= 0.3 is 23.1 Å². The van der Waals surface area contributed by atoms with Crippen molar-refractivity contribution in [3.63, 3.8) is 0 Å². The van der Waals surface area contributed by atoms with Crippen molar-refractivity contribution in [1.29, 1.82) is 0 Å². The average molecular weight is 362 g/mol. The van der Waals surface area contributed by atoms with Gasteiger partial charge in [0.25, 0.3) is 0 Å². The monoisotopic (exact) mass is 362 g/mol. The van der Waals surface area contributed by atoms with Gasteiger partial charge in [0, 0.05) is 11.9 Å². The first-order valence-corrected chi connectivity index (χ1v) is 5.15. The zero-order valence-electron chi connectivity index (χ0n) is 10.3. The van der Waals surface area contributed by atoms with Crippen molar-refractivity contribution in [2.45, 2.75) is 6.92 Å². The van der Waals surface area contributed by atoms with E-state index in [1.807, 2.05) is 37.4 Å². The normalized spacial score (nSPS) is 9.89. The Bertz CT molecular complexity index is 638. The first-order chi connectivity index (χ1) is 7.79. The van der Waals surface area contributed by atoms with E-state index in [1.54, 1.807) is 7.11 Å². The van der Waals surface area contributed by atoms with Crippen LogP contribution in [0.5, 0.6) is 5.75 Å². The molecule has 0 bridgehead atoms. The first kappa shape index (κ1) is 15.5. The third-order valence-corrected chi connectivity index (χ3v) is 2.83. The van der Waals surface area contributed by atoms with Crippen LogP contribution in [0.15, 0.2) is 30.5 Å². The second-order valence-corrected chi connectivity index (χ2v) is 3.79. The van der Waals surface area contributed by atoms with Crippen LogP contribution in [-0.2, 0) is 0 Å². The molecule has 18 heavy (non-hydrogen) atoms. The molecule has 0 N–H and O–H groups in total. The third kappa shape index (κ3) is 2.43. The molecule has 0 saturated carbocycles. The predicted molar refractivity (Wildman–Crippen MR) is 68.8 cm³/mol. The molecule has 0 unspecified atom stereocenters. The molecule has 3 rings (SSSR count). The molecule has 88 valence electrons. The van der Waals surface area contributed by atoms with Crippen molar-refractivity contribution < 1.29 is 28.7 Å². The van der Waals surface area contributed by atoms with E-state index in [-0.39, 0.29) is 47.0 Å². The Balaban J connectivity index is 0.000000810. The van der Waals surface area contributed by atoms with Gasteiger partial charge in [0.05, 0.1) is 18.3 Å². The Morgan fingerprint density at radius 3 is 2.72 bits per heavy atom. The van der Waals surface area contributed by atoms with Gasteiger partial charge in [0.1, 0.15) is 0 Å². The van der Waals surface area contributed by atoms with Crippen LogP contribution in [-0.4, -0.2) is 40.1 Å². The van der Waals surface area contributed by atoms with Crippen LogP contribution in [0.25, 0.3) is 22.2 Å². The number of hydrogen-bond donors (Lipinski definition) is 0. The molecular formula is C13H11IMgN2O. The van der Waals surface area contributed by atoms with Crippen LogP contribution in [0.1, 0.15) is 5.69 Å². The van der Waals surface area contributed by atoms with Gasteiger partial charge in [-0.15, -0.1) is 12.1 Å². The van der Waals surface area contributed by atoms with Gasteiger partial charge < -0.3 is 28.7 Å². The number of benzene rings is 1. The van der Waals surface area contributed by atoms with Crippen LogP contribution in [0, 0.1) is 6.92 Å². The number of fused-ring (bicyclic) bond motifs is 3. The summed E-state index contributed by atoms with van der Waals surface area (Å²) in [6.07, 6.45) is 1.82. The fourth-order valence-corrected chi connectivity index (χ4v) is 2.00. The molecule has 0 radical (unpaired) electrons. The topological polar surface area (TPSA) is 35.0 Å². The number of aryl methyl sites for hydroxylation is 1. The number of methoxy groups -OCH3 is 1. The van der Waals surface area contributed by atoms with Crippen molar-refractivity contribution in [2.24, 2.45) is 0 Å². The number of nitrogens with zero attached hydrogens (tertiary/aromatic N) is 2. The van der Waals surface area contributed by atoms with Crippen LogP contribution < -0.4 is 28.7 Å². The van der Waals surface area contributed by atoms with Gasteiger partial charge in [-0.3, -0.25) is 9.97 Å². The predicted octanol–water partition coefficient (Wildman–Crippen LogP) is -0.606. The van der Waals surface area contributed by atoms with E-state index in [0.29, 0.717) is 0 Å². The molecule has 0 amide bonds. The zero-order chi connectivity index (χ0) is 11.1. The largest absolute Gasteiger partial charge is 2.00 e. The van der Waals surface area contributed by atoms with Crippen molar-refractivity contribution in [1.82, 2.24) is 9.97 Å². The van der Waals surface area contributed by atoms with Gasteiger partial charge in [0.15, 0.2) is 0 Å². The third-order valence-electron chi connectivity index (χ3n) is 2.83. The Morgan fingerprint density at radius 2 is 2.00 bits per heavy atom. The van der Waals surface area contributed by atoms with Crippen molar-refractivity contribution in [2.75, 3.05) is 7.11 Å². The van der Waals surface area contributed by atoms with Crippen molar-refractivity contribution in [3.05, 3.63) is 36.2 Å². The van der Waals surface area contributed by atoms with Crippen LogP contribution >= 0.6 is 0 Å². The Hall–Kier alpha value is -0.534. The Labute approximate surface area is 139 Å². The molecule has 5 heteroatoms. The van der Waals surface area contributed by atoms with E-state index in [9.17, 15) is 0 Å². The number of aromatic nitrogens is 2. The fraction of sp³-hybridized carbons (Fsp3) is 0.154. The summed E-state index contributed by atoms with van der Waals surface area (Å²) in [7, 11) is 1.66. The number of pyridine rings is 1. The van der Waals surface area contributed by atoms with Gasteiger partial charge in [0.2, 0.25) is 0 Å². The van der Waals surface area contributed by atoms with Gasteiger partial charge in [-0.2, -0.15) is 6.07 Å². The number of ether oxygens (including phenoxy) is 1. The van der Waals surface area contributed by atoms with Crippen molar-refractivity contribution >= 4 is 34.0 Å². The molecule has 0 saturated heterocycles. The van der Waals surface area contributed by atoms with E-state index in [0.717, 1.165) is 33.6 Å². The molecule has 1 aromatic rings. The quantitative estimate of drug-likeness (QED) is 0.329. The fourth-order valence-electron chi connectivity index (χ4n) is 2.00. The summed E-state index contributed by atoms with van der Waals surface area (Å²) < 4.78 is 5.19. The summed E-state index contributed by atoms with van der Waals surface area (Å²) in [5, 5.41) is 1.16. The van der Waals surface area contributed by atoms with Gasteiger partial charge in [-0.1, -0.05) is 5.56 Å². The summed E-state index contributed by atoms with van der Waals surface area (Å²) >= 11 is 0. The minimum atomic E-state index is 0. The summed E-state index contributed by atoms with van der Waals surface area (Å²) in [6.45, 7) is 1.98. The Morgan fingerprint density at radius 1 is 1.22 bits per heavy atom. The maximum atomic E-state index is 5.19. The molecule has 0 aromatic carbocycles. The van der Waals surface area contributed by atoms with Crippen LogP contribution in [0.4, 0.5) is 0 Å². The van der Waals surface area contributed by atoms with Crippen molar-refractivity contribution in [3.8, 4) is 17.0 Å². The molecule has 2 aliphatic rings. The summed E-state index contributed by atoms with van der Waals surface area (Å²) in [6, 6.07) is 7.96. The maximum Gasteiger partial charge on any atom is 2.00 e. The van der Waals surface area contributed by atoms with Crippen LogP contribution in [0.2, 0.25) is 0 Å². The van der Waals surface area contributed by atoms with Crippen LogP contribution in [0.3, 0.4) is 0 Å². The van der Waals surface area contributed by atoms with E-state index in [1.165, 1.54) is 0 Å². The number of rotatable bonds is 1. The molecule has 0 atom stereocenters. The molecule has 0 fully saturated rings. The molecule has 0 spiro atoms. The zero-order valence-corrected chi connectivity index (χ0v) is 13.8. The second-order valence-electron chi connectivity index (χ2n) is 3.79. The maximum absolute atomic E-state index is 5.19. The molecule has 1 aromatic heterocycles. The standard InChI is InChI=1S/C13H11N2O.HI.Mg/c1-8-13-11(5-6-14-8)10-4-3-9(16-2)7-12(10)15-13;;/h3-7H,1-2H3;1H;/q-1;;+2/p-1. The number of halogens is 1. The smallest absolute Gasteiger partial charge is 1.00 e. The minimum Gasteiger partial charge on any atom is -1.00 e. The molecule has 2 heterocycles. The molecule has 1 aliphatic carbocycles. The van der Waals surface area contributed by atoms with Gasteiger partial charge in [-0.25, -0.2) is 0 Å². The summed E-state index contributed by atoms with van der Waals surface area (Å²) in [5.74, 6) is 0.834. The van der Waals surface area contributed by atoms with E-state index >= 15 is 0 Å². The molecular weight excluding hydrogens is 351 g/mol. The van der Waals surface area contributed by atoms with Gasteiger partial charge in [-0.05, 0) is 24.1 Å². The average Bonchev–Trinajstić information content (AvgIpc) is 2.68. The number of hydrogen-bond acceptors (Lipinski definition) is 3. The molecule has 3 nitrogen and oxygen atoms in total. The summed E-state index contributed by atoms with van der Waals surface area (Å²) in [4.78, 5) is 8.83. The summed E-state index contributed by atoms with van der Waals surface area (Å²) in [5.41, 5.74) is 4.06. The SMILES string of the molecule is COc1ccc2c3ccnc(C)c3nc-2[cH-]1.[I-].[Mg+2]. The molecule has 1 aliphatic heterocycles. The van der Waals surface area contributed by atoms with E-state index in [4.69, 9.17) is 4.74 Å². The Kier molecular flexibility index (Phi) is 5.24. The van der Waals surface area contributed by atoms with E-state index in [2.05, 4.69) is 9.97 Å². The second kappa shape index (κ2) is 6.07. The minimum absolute atomic E-state index is 0.